The number of nitrogens with zero attached hydrogens (tertiary/aromatic N) is 1. The summed E-state index contributed by atoms with van der Waals surface area (Å²) in [6.45, 7) is 9.30. The third kappa shape index (κ3) is 3.37. The molecule has 3 heteroatoms. The highest BCUT2D eigenvalue weighted by atomic mass is 35.5. The highest BCUT2D eigenvalue weighted by Crippen LogP contribution is 2.07. The molecular weight excluding hydrogens is 174 g/mol. The molecule has 0 atom stereocenters. The summed E-state index contributed by atoms with van der Waals surface area (Å²) in [4.78, 5) is 10.5. The molecule has 0 unspecified atom stereocenters. The van der Waals surface area contributed by atoms with E-state index in [9.17, 15) is 4.79 Å². The average molecular weight is 191 g/mol. The Labute approximate surface area is 79.4 Å². The number of allylic oxidation sites excluding steroid dienone is 1. The van der Waals surface area contributed by atoms with E-state index in [1.165, 1.54) is 6.08 Å². The van der Waals surface area contributed by atoms with Crippen molar-refractivity contribution in [1.82, 2.24) is 0 Å². The predicted molar refractivity (Wildman–Crippen MR) is 51.9 cm³/mol. The van der Waals surface area contributed by atoms with Gasteiger partial charge in [-0.15, -0.1) is 0 Å². The summed E-state index contributed by atoms with van der Waals surface area (Å²) in [5.41, 5.74) is 0. The Hall–Kier alpha value is -0.340. The summed E-state index contributed by atoms with van der Waals surface area (Å²) in [6, 6.07) is 0. The number of quaternary nitrogens is 1. The molecule has 0 fully saturated rings. The first-order valence-corrected chi connectivity index (χ1v) is 4.72. The van der Waals surface area contributed by atoms with E-state index < -0.39 is 5.24 Å². The first-order chi connectivity index (χ1) is 5.60. The van der Waals surface area contributed by atoms with E-state index in [4.69, 9.17) is 11.6 Å². The Balaban J connectivity index is 4.39. The van der Waals surface area contributed by atoms with E-state index in [0.29, 0.717) is 0 Å². The van der Waals surface area contributed by atoms with Crippen LogP contribution in [0, 0.1) is 0 Å². The number of hydrogen-bond donors (Lipinski definition) is 0. The van der Waals surface area contributed by atoms with Crippen molar-refractivity contribution >= 4 is 16.8 Å². The molecule has 0 spiro atoms. The Morgan fingerprint density at radius 2 is 1.67 bits per heavy atom. The molecule has 0 aliphatic heterocycles. The topological polar surface area (TPSA) is 17.1 Å². The second-order valence-corrected chi connectivity index (χ2v) is 3.16. The zero-order chi connectivity index (χ0) is 9.61. The number of rotatable bonds is 5. The van der Waals surface area contributed by atoms with Gasteiger partial charge in [-0.1, -0.05) is 0 Å². The summed E-state index contributed by atoms with van der Waals surface area (Å²) in [5, 5.41) is -0.396. The lowest BCUT2D eigenvalue weighted by Gasteiger charge is -2.30. The van der Waals surface area contributed by atoms with Gasteiger partial charge in [-0.05, 0) is 32.4 Å². The van der Waals surface area contributed by atoms with Gasteiger partial charge in [0.1, 0.15) is 6.20 Å². The van der Waals surface area contributed by atoms with Gasteiger partial charge in [-0.3, -0.25) is 9.28 Å². The molecule has 0 radical (unpaired) electrons. The molecular formula is C9H17ClNO+. The van der Waals surface area contributed by atoms with Crippen LogP contribution in [0.2, 0.25) is 0 Å². The van der Waals surface area contributed by atoms with Crippen LogP contribution < -0.4 is 0 Å². The van der Waals surface area contributed by atoms with Crippen molar-refractivity contribution in [3.8, 4) is 0 Å². The van der Waals surface area contributed by atoms with Crippen LogP contribution in [-0.4, -0.2) is 29.4 Å². The molecule has 0 amide bonds. The maximum absolute atomic E-state index is 10.5. The smallest absolute Gasteiger partial charge is 0.250 e. The minimum absolute atomic E-state index is 0.396. The first kappa shape index (κ1) is 11.7. The minimum atomic E-state index is -0.396. The van der Waals surface area contributed by atoms with Crippen LogP contribution in [0.25, 0.3) is 0 Å². The van der Waals surface area contributed by atoms with Crippen molar-refractivity contribution in [2.45, 2.75) is 20.8 Å². The molecule has 0 heterocycles. The van der Waals surface area contributed by atoms with Crippen molar-refractivity contribution in [2.75, 3.05) is 19.6 Å². The maximum atomic E-state index is 10.5. The fourth-order valence-electron chi connectivity index (χ4n) is 1.20. The first-order valence-electron chi connectivity index (χ1n) is 4.34. The van der Waals surface area contributed by atoms with Gasteiger partial charge in [0.15, 0.2) is 0 Å². The van der Waals surface area contributed by atoms with Crippen LogP contribution in [0.3, 0.4) is 0 Å². The number of hydrogen-bond acceptors (Lipinski definition) is 1. The molecule has 0 bridgehead atoms. The lowest BCUT2D eigenvalue weighted by Crippen LogP contribution is -2.42. The Kier molecular flexibility index (Phi) is 5.18. The van der Waals surface area contributed by atoms with Crippen LogP contribution in [0.1, 0.15) is 20.8 Å². The Morgan fingerprint density at radius 1 is 1.25 bits per heavy atom. The van der Waals surface area contributed by atoms with Crippen molar-refractivity contribution in [1.29, 1.82) is 0 Å². The van der Waals surface area contributed by atoms with Gasteiger partial charge in [0.2, 0.25) is 5.24 Å². The summed E-state index contributed by atoms with van der Waals surface area (Å²) >= 11 is 5.22. The summed E-state index contributed by atoms with van der Waals surface area (Å²) in [6.07, 6.45) is 3.33. The van der Waals surface area contributed by atoms with Crippen molar-refractivity contribution in [3.05, 3.63) is 12.3 Å². The highest BCUT2D eigenvalue weighted by molar-refractivity contribution is 6.66. The normalized spacial score (nSPS) is 12.3. The summed E-state index contributed by atoms with van der Waals surface area (Å²) in [5.74, 6) is 0. The molecule has 2 nitrogen and oxygen atoms in total. The standard InChI is InChI=1S/C9H17ClNO/c1-4-11(5-2,6-3)8-7-9(10)12/h7-8H,4-6H2,1-3H3/q+1. The van der Waals surface area contributed by atoms with E-state index in [0.717, 1.165) is 24.1 Å². The van der Waals surface area contributed by atoms with E-state index in [1.54, 1.807) is 0 Å². The lowest BCUT2D eigenvalue weighted by molar-refractivity contribution is -0.874. The van der Waals surface area contributed by atoms with Gasteiger partial charge in [0, 0.05) is 0 Å². The zero-order valence-electron chi connectivity index (χ0n) is 8.01. The second kappa shape index (κ2) is 5.33. The van der Waals surface area contributed by atoms with Gasteiger partial charge >= 0.3 is 0 Å². The van der Waals surface area contributed by atoms with Crippen LogP contribution in [0.4, 0.5) is 0 Å². The molecule has 0 saturated carbocycles. The van der Waals surface area contributed by atoms with Crippen molar-refractivity contribution in [3.63, 3.8) is 0 Å². The quantitative estimate of drug-likeness (QED) is 0.369. The Morgan fingerprint density at radius 3 is 1.92 bits per heavy atom. The molecule has 0 aliphatic rings. The molecule has 0 aliphatic carbocycles. The third-order valence-corrected chi connectivity index (χ3v) is 2.54. The predicted octanol–water partition coefficient (Wildman–Crippen LogP) is 2.14. The number of carbonyl (C=O) groups excluding carboxylic acids is 1. The van der Waals surface area contributed by atoms with Gasteiger partial charge in [0.25, 0.3) is 0 Å². The molecule has 0 N–H and O–H groups in total. The minimum Gasteiger partial charge on any atom is -0.298 e. The van der Waals surface area contributed by atoms with E-state index in [-0.39, 0.29) is 0 Å². The molecule has 0 saturated heterocycles. The number of halogens is 1. The second-order valence-electron chi connectivity index (χ2n) is 2.79. The number of carbonyl (C=O) groups is 1. The van der Waals surface area contributed by atoms with E-state index in [1.807, 2.05) is 6.20 Å². The van der Waals surface area contributed by atoms with Crippen molar-refractivity contribution in [2.24, 2.45) is 0 Å². The van der Waals surface area contributed by atoms with E-state index >= 15 is 0 Å². The van der Waals surface area contributed by atoms with Crippen LogP contribution >= 0.6 is 11.6 Å². The fraction of sp³-hybridized carbons (Fsp3) is 0.667. The lowest BCUT2D eigenvalue weighted by atomic mass is 10.3. The van der Waals surface area contributed by atoms with Crippen LogP contribution in [0.5, 0.6) is 0 Å². The average Bonchev–Trinajstić information content (AvgIpc) is 2.08. The van der Waals surface area contributed by atoms with Gasteiger partial charge in [-0.2, -0.15) is 0 Å². The molecule has 0 aromatic heterocycles. The monoisotopic (exact) mass is 190 g/mol. The summed E-state index contributed by atoms with van der Waals surface area (Å²) < 4.78 is 0.818. The van der Waals surface area contributed by atoms with Gasteiger partial charge < -0.3 is 0 Å². The zero-order valence-corrected chi connectivity index (χ0v) is 8.77. The van der Waals surface area contributed by atoms with E-state index in [2.05, 4.69) is 20.8 Å². The highest BCUT2D eigenvalue weighted by Gasteiger charge is 2.16. The molecule has 0 aromatic carbocycles. The van der Waals surface area contributed by atoms with Crippen molar-refractivity contribution < 1.29 is 9.28 Å². The summed E-state index contributed by atoms with van der Waals surface area (Å²) in [7, 11) is 0. The molecule has 70 valence electrons. The largest absolute Gasteiger partial charge is 0.298 e. The molecule has 0 aromatic rings. The maximum Gasteiger partial charge on any atom is 0.250 e. The Bertz CT molecular complexity index is 165. The third-order valence-electron chi connectivity index (χ3n) is 2.41. The van der Waals surface area contributed by atoms with Crippen LogP contribution in [0.15, 0.2) is 12.3 Å². The van der Waals surface area contributed by atoms with Gasteiger partial charge in [0.05, 0.1) is 25.7 Å². The van der Waals surface area contributed by atoms with Crippen LogP contribution in [-0.2, 0) is 4.79 Å². The fourth-order valence-corrected chi connectivity index (χ4v) is 1.26. The SMILES string of the molecule is CC[N+](C=CC(=O)Cl)(CC)CC. The molecule has 12 heavy (non-hydrogen) atoms. The van der Waals surface area contributed by atoms with Gasteiger partial charge in [-0.25, -0.2) is 0 Å². The molecule has 0 rings (SSSR count).